The van der Waals surface area contributed by atoms with Crippen molar-refractivity contribution in [3.8, 4) is 11.5 Å². The van der Waals surface area contributed by atoms with Crippen LogP contribution in [0.1, 0.15) is 52.5 Å². The van der Waals surface area contributed by atoms with Crippen LogP contribution in [0.2, 0.25) is 0 Å². The minimum Gasteiger partial charge on any atom is -0.493 e. The second-order valence-electron chi connectivity index (χ2n) is 8.52. The van der Waals surface area contributed by atoms with E-state index in [0.717, 1.165) is 30.8 Å². The van der Waals surface area contributed by atoms with Gasteiger partial charge in [-0.1, -0.05) is 45.9 Å². The molecule has 0 heterocycles. The Morgan fingerprint density at radius 3 is 2.27 bits per heavy atom. The van der Waals surface area contributed by atoms with Gasteiger partial charge in [-0.25, -0.2) is 0 Å². The highest BCUT2D eigenvalue weighted by atomic mass is 16.5. The molecule has 0 saturated carbocycles. The molecule has 0 spiro atoms. The lowest BCUT2D eigenvalue weighted by molar-refractivity contribution is -0.143. The van der Waals surface area contributed by atoms with Crippen molar-refractivity contribution in [3.63, 3.8) is 0 Å². The molecule has 1 aromatic carbocycles. The van der Waals surface area contributed by atoms with Gasteiger partial charge in [-0.2, -0.15) is 0 Å². The van der Waals surface area contributed by atoms with E-state index >= 15 is 0 Å². The number of rotatable bonds is 15. The van der Waals surface area contributed by atoms with Gasteiger partial charge in [0.25, 0.3) is 0 Å². The van der Waals surface area contributed by atoms with Crippen LogP contribution in [0.25, 0.3) is 0 Å². The molecule has 0 fully saturated rings. The highest BCUT2D eigenvalue weighted by Gasteiger charge is 2.20. The molecule has 2 unspecified atom stereocenters. The van der Waals surface area contributed by atoms with Crippen LogP contribution < -0.4 is 9.47 Å². The predicted octanol–water partition coefficient (Wildman–Crippen LogP) is 5.62. The van der Waals surface area contributed by atoms with Gasteiger partial charge in [0, 0.05) is 20.1 Å². The molecule has 0 aliphatic rings. The molecule has 0 radical (unpaired) electrons. The first-order valence-electron chi connectivity index (χ1n) is 11.0. The molecule has 0 saturated heterocycles. The minimum atomic E-state index is -0.716. The van der Waals surface area contributed by atoms with Crippen molar-refractivity contribution in [1.82, 2.24) is 0 Å². The quantitative estimate of drug-likeness (QED) is 0.295. The molecule has 5 nitrogen and oxygen atoms in total. The highest BCUT2D eigenvalue weighted by Crippen LogP contribution is 2.31. The summed E-state index contributed by atoms with van der Waals surface area (Å²) in [6.45, 7) is 9.65. The second kappa shape index (κ2) is 14.1. The van der Waals surface area contributed by atoms with E-state index in [-0.39, 0.29) is 11.8 Å². The maximum absolute atomic E-state index is 11.4. The molecule has 0 aliphatic carbocycles. The van der Waals surface area contributed by atoms with Gasteiger partial charge in [0.1, 0.15) is 0 Å². The van der Waals surface area contributed by atoms with Gasteiger partial charge in [0.15, 0.2) is 11.5 Å². The minimum absolute atomic E-state index is 0.134. The summed E-state index contributed by atoms with van der Waals surface area (Å²) < 4.78 is 16.4. The molecule has 170 valence electrons. The van der Waals surface area contributed by atoms with Gasteiger partial charge < -0.3 is 19.3 Å². The third-order valence-electron chi connectivity index (χ3n) is 5.54. The zero-order valence-electron chi connectivity index (χ0n) is 19.5. The molecule has 1 rings (SSSR count). The van der Waals surface area contributed by atoms with Crippen molar-refractivity contribution in [3.05, 3.63) is 35.9 Å². The Bertz CT molecular complexity index is 651. The van der Waals surface area contributed by atoms with Crippen molar-refractivity contribution in [2.24, 2.45) is 23.7 Å². The van der Waals surface area contributed by atoms with Crippen molar-refractivity contribution >= 4 is 5.97 Å². The van der Waals surface area contributed by atoms with Gasteiger partial charge in [-0.05, 0) is 54.7 Å². The third kappa shape index (κ3) is 9.21. The van der Waals surface area contributed by atoms with E-state index in [0.29, 0.717) is 31.5 Å². The summed E-state index contributed by atoms with van der Waals surface area (Å²) in [5, 5.41) is 9.33. The topological polar surface area (TPSA) is 65.0 Å². The normalized spacial score (nSPS) is 13.7. The van der Waals surface area contributed by atoms with Crippen molar-refractivity contribution in [2.75, 3.05) is 27.4 Å². The number of aliphatic carboxylic acids is 1. The number of carbonyl (C=O) groups is 1. The van der Waals surface area contributed by atoms with E-state index in [1.165, 1.54) is 5.56 Å². The van der Waals surface area contributed by atoms with Gasteiger partial charge >= 0.3 is 5.97 Å². The molecule has 5 heteroatoms. The van der Waals surface area contributed by atoms with Gasteiger partial charge in [0.05, 0.1) is 19.6 Å². The fourth-order valence-electron chi connectivity index (χ4n) is 3.41. The van der Waals surface area contributed by atoms with E-state index in [2.05, 4.69) is 32.1 Å². The summed E-state index contributed by atoms with van der Waals surface area (Å²) >= 11 is 0. The Kier molecular flexibility index (Phi) is 12.2. The molecule has 2 atom stereocenters. The molecule has 0 aliphatic heterocycles. The van der Waals surface area contributed by atoms with Crippen LogP contribution in [-0.4, -0.2) is 38.5 Å². The average Bonchev–Trinajstić information content (AvgIpc) is 2.69. The van der Waals surface area contributed by atoms with Crippen LogP contribution in [-0.2, 0) is 16.0 Å². The van der Waals surface area contributed by atoms with Crippen LogP contribution >= 0.6 is 0 Å². The lowest BCUT2D eigenvalue weighted by Crippen LogP contribution is -2.18. The maximum atomic E-state index is 11.4. The summed E-state index contributed by atoms with van der Waals surface area (Å²) in [4.78, 5) is 11.4. The van der Waals surface area contributed by atoms with Gasteiger partial charge in [-0.3, -0.25) is 4.79 Å². The smallest absolute Gasteiger partial charge is 0.307 e. The third-order valence-corrected chi connectivity index (χ3v) is 5.54. The average molecular weight is 421 g/mol. The first kappa shape index (κ1) is 26.0. The van der Waals surface area contributed by atoms with Gasteiger partial charge in [0.2, 0.25) is 0 Å². The number of methoxy groups -OCH3 is 2. The van der Waals surface area contributed by atoms with Crippen LogP contribution in [0.15, 0.2) is 30.4 Å². The number of benzene rings is 1. The number of carboxylic acid groups (broad SMARTS) is 1. The molecule has 0 bridgehead atoms. The summed E-state index contributed by atoms with van der Waals surface area (Å²) in [7, 11) is 3.34. The standard InChI is InChI=1S/C25H40O5/c1-18(2)21(10-7-8-11-22(19(3)4)25(26)27)16-20-12-13-23(29-6)24(17-20)30-15-9-14-28-5/h7-8,12-13,17-19,21-22H,9-11,14-16H2,1-6H3,(H,26,27)/b8-7+. The Morgan fingerprint density at radius 1 is 1.00 bits per heavy atom. The summed E-state index contributed by atoms with van der Waals surface area (Å²) in [6.07, 6.45) is 7.46. The van der Waals surface area contributed by atoms with E-state index in [4.69, 9.17) is 14.2 Å². The number of allylic oxidation sites excluding steroid dienone is 2. The number of hydrogen-bond donors (Lipinski definition) is 1. The number of hydrogen-bond acceptors (Lipinski definition) is 4. The lowest BCUT2D eigenvalue weighted by atomic mass is 9.86. The largest absolute Gasteiger partial charge is 0.493 e. The van der Waals surface area contributed by atoms with Crippen molar-refractivity contribution in [2.45, 2.75) is 53.4 Å². The monoisotopic (exact) mass is 420 g/mol. The molecule has 30 heavy (non-hydrogen) atoms. The van der Waals surface area contributed by atoms with Crippen molar-refractivity contribution in [1.29, 1.82) is 0 Å². The first-order chi connectivity index (χ1) is 14.3. The fourth-order valence-corrected chi connectivity index (χ4v) is 3.41. The molecule has 1 aromatic rings. The van der Waals surface area contributed by atoms with E-state index in [9.17, 15) is 9.90 Å². The summed E-state index contributed by atoms with van der Waals surface area (Å²) in [5.41, 5.74) is 1.22. The number of carboxylic acids is 1. The van der Waals surface area contributed by atoms with E-state index in [1.54, 1.807) is 14.2 Å². The van der Waals surface area contributed by atoms with Gasteiger partial charge in [-0.15, -0.1) is 0 Å². The summed E-state index contributed by atoms with van der Waals surface area (Å²) in [5.74, 6) is 1.59. The number of ether oxygens (including phenoxy) is 3. The Morgan fingerprint density at radius 2 is 1.70 bits per heavy atom. The molecular weight excluding hydrogens is 380 g/mol. The predicted molar refractivity (Wildman–Crippen MR) is 121 cm³/mol. The SMILES string of the molecule is COCCCOc1cc(CC(C/C=C/CC(C(=O)O)C(C)C)C(C)C)ccc1OC. The second-order valence-corrected chi connectivity index (χ2v) is 8.52. The van der Waals surface area contributed by atoms with Crippen molar-refractivity contribution < 1.29 is 24.1 Å². The maximum Gasteiger partial charge on any atom is 0.307 e. The van der Waals surface area contributed by atoms with Crippen LogP contribution in [0.3, 0.4) is 0 Å². The lowest BCUT2D eigenvalue weighted by Gasteiger charge is -2.21. The highest BCUT2D eigenvalue weighted by molar-refractivity contribution is 5.70. The first-order valence-corrected chi connectivity index (χ1v) is 11.0. The molecule has 0 aromatic heterocycles. The van der Waals surface area contributed by atoms with E-state index < -0.39 is 5.97 Å². The Balaban J connectivity index is 2.75. The Labute approximate surface area is 182 Å². The molecule has 1 N–H and O–H groups in total. The molecule has 0 amide bonds. The van der Waals surface area contributed by atoms with Crippen LogP contribution in [0.5, 0.6) is 11.5 Å². The van der Waals surface area contributed by atoms with E-state index in [1.807, 2.05) is 26.0 Å². The van der Waals surface area contributed by atoms with Crippen LogP contribution in [0.4, 0.5) is 0 Å². The van der Waals surface area contributed by atoms with Crippen LogP contribution in [0, 0.1) is 23.7 Å². The Hall–Kier alpha value is -2.01. The molecular formula is C25H40O5. The fraction of sp³-hybridized carbons (Fsp3) is 0.640. The summed E-state index contributed by atoms with van der Waals surface area (Å²) in [6, 6.07) is 6.14. The zero-order valence-corrected chi connectivity index (χ0v) is 19.5. The zero-order chi connectivity index (χ0) is 22.5.